The zero-order valence-electron chi connectivity index (χ0n) is 11.5. The lowest BCUT2D eigenvalue weighted by molar-refractivity contribution is 0.112. The van der Waals surface area contributed by atoms with Gasteiger partial charge >= 0.3 is 0 Å². The van der Waals surface area contributed by atoms with Gasteiger partial charge in [0.05, 0.1) is 12.7 Å². The number of methoxy groups -OCH3 is 1. The summed E-state index contributed by atoms with van der Waals surface area (Å²) in [6.07, 6.45) is 7.28. The average Bonchev–Trinajstić information content (AvgIpc) is 3.31. The summed E-state index contributed by atoms with van der Waals surface area (Å²) in [5, 5.41) is 0. The highest BCUT2D eigenvalue weighted by atomic mass is 16.5. The third kappa shape index (κ3) is 2.46. The first-order chi connectivity index (χ1) is 9.33. The van der Waals surface area contributed by atoms with E-state index in [9.17, 15) is 4.79 Å². The van der Waals surface area contributed by atoms with E-state index in [1.807, 2.05) is 6.07 Å². The number of ether oxygens (including phenoxy) is 1. The summed E-state index contributed by atoms with van der Waals surface area (Å²) in [5.74, 6) is 1.36. The van der Waals surface area contributed by atoms with Crippen molar-refractivity contribution in [1.82, 2.24) is 0 Å². The van der Waals surface area contributed by atoms with E-state index in [4.69, 9.17) is 4.74 Å². The van der Waals surface area contributed by atoms with Gasteiger partial charge in [-0.15, -0.1) is 0 Å². The van der Waals surface area contributed by atoms with Gasteiger partial charge in [0.2, 0.25) is 0 Å². The number of hydrogen-bond acceptors (Lipinski definition) is 3. The van der Waals surface area contributed by atoms with Crippen molar-refractivity contribution in [2.24, 2.45) is 0 Å². The van der Waals surface area contributed by atoms with Crippen LogP contribution >= 0.6 is 0 Å². The highest BCUT2D eigenvalue weighted by Crippen LogP contribution is 2.46. The summed E-state index contributed by atoms with van der Waals surface area (Å²) in [6.45, 7) is 2.26. The lowest BCUT2D eigenvalue weighted by atomic mass is 10.0. The Kier molecular flexibility index (Phi) is 3.45. The largest absolute Gasteiger partial charge is 0.496 e. The maximum atomic E-state index is 11.2. The van der Waals surface area contributed by atoms with Crippen LogP contribution in [0.15, 0.2) is 12.1 Å². The predicted octanol–water partition coefficient (Wildman–Crippen LogP) is 3.38. The fourth-order valence-electron chi connectivity index (χ4n) is 3.00. The molecule has 0 unspecified atom stereocenters. The zero-order valence-corrected chi connectivity index (χ0v) is 11.5. The average molecular weight is 259 g/mol. The molecule has 0 radical (unpaired) electrons. The van der Waals surface area contributed by atoms with Crippen LogP contribution in [0, 0.1) is 0 Å². The van der Waals surface area contributed by atoms with E-state index in [-0.39, 0.29) is 0 Å². The standard InChI is InChI=1S/C16H21NO2/c1-19-16-10-15(17-7-3-2-4-8-17)14(12-5-6-12)9-13(16)11-18/h9-12H,2-8H2,1H3. The predicted molar refractivity (Wildman–Crippen MR) is 76.4 cm³/mol. The molecule has 2 aliphatic rings. The van der Waals surface area contributed by atoms with Crippen molar-refractivity contribution in [1.29, 1.82) is 0 Å². The van der Waals surface area contributed by atoms with Gasteiger partial charge in [0.25, 0.3) is 0 Å². The molecule has 0 atom stereocenters. The Labute approximate surface area is 114 Å². The summed E-state index contributed by atoms with van der Waals surface area (Å²) < 4.78 is 5.36. The van der Waals surface area contributed by atoms with Crippen molar-refractivity contribution in [3.8, 4) is 5.75 Å². The second kappa shape index (κ2) is 5.24. The molecule has 1 saturated heterocycles. The van der Waals surface area contributed by atoms with Crippen LogP contribution in [0.3, 0.4) is 0 Å². The van der Waals surface area contributed by atoms with Crippen LogP contribution in [-0.4, -0.2) is 26.5 Å². The first-order valence-electron chi connectivity index (χ1n) is 7.25. The molecule has 0 bridgehead atoms. The fraction of sp³-hybridized carbons (Fsp3) is 0.562. The SMILES string of the molecule is COc1cc(N2CCCCC2)c(C2CC2)cc1C=O. The molecule has 1 aliphatic carbocycles. The van der Waals surface area contributed by atoms with Gasteiger partial charge in [0.1, 0.15) is 5.75 Å². The Bertz CT molecular complexity index is 474. The lowest BCUT2D eigenvalue weighted by Crippen LogP contribution is -2.30. The summed E-state index contributed by atoms with van der Waals surface area (Å²) in [6, 6.07) is 4.12. The molecule has 19 heavy (non-hydrogen) atoms. The number of rotatable bonds is 4. The molecular weight excluding hydrogens is 238 g/mol. The van der Waals surface area contributed by atoms with Gasteiger partial charge in [-0.25, -0.2) is 0 Å². The number of piperidine rings is 1. The molecule has 0 aromatic heterocycles. The van der Waals surface area contributed by atoms with E-state index in [2.05, 4.69) is 11.0 Å². The first kappa shape index (κ1) is 12.5. The van der Waals surface area contributed by atoms with Crippen molar-refractivity contribution in [2.75, 3.05) is 25.1 Å². The Balaban J connectivity index is 2.01. The molecule has 1 aromatic carbocycles. The van der Waals surface area contributed by atoms with Crippen LogP contribution in [-0.2, 0) is 0 Å². The minimum atomic E-state index is 0.654. The number of carbonyl (C=O) groups excluding carboxylic acids is 1. The molecule has 102 valence electrons. The molecule has 0 amide bonds. The van der Waals surface area contributed by atoms with E-state index < -0.39 is 0 Å². The second-order valence-corrected chi connectivity index (χ2v) is 5.59. The summed E-state index contributed by atoms with van der Waals surface area (Å²) in [7, 11) is 1.64. The molecule has 1 heterocycles. The smallest absolute Gasteiger partial charge is 0.153 e. The van der Waals surface area contributed by atoms with Crippen LogP contribution < -0.4 is 9.64 Å². The Morgan fingerprint density at radius 2 is 1.95 bits per heavy atom. The molecule has 3 heteroatoms. The lowest BCUT2D eigenvalue weighted by Gasteiger charge is -2.31. The van der Waals surface area contributed by atoms with E-state index in [0.717, 1.165) is 19.4 Å². The molecule has 3 rings (SSSR count). The van der Waals surface area contributed by atoms with Crippen LogP contribution in [0.4, 0.5) is 5.69 Å². The molecule has 1 aromatic rings. The van der Waals surface area contributed by atoms with Crippen molar-refractivity contribution < 1.29 is 9.53 Å². The van der Waals surface area contributed by atoms with E-state index >= 15 is 0 Å². The van der Waals surface area contributed by atoms with Crippen LogP contribution in [0.25, 0.3) is 0 Å². The minimum absolute atomic E-state index is 0.654. The molecule has 0 spiro atoms. The molecular formula is C16H21NO2. The maximum Gasteiger partial charge on any atom is 0.153 e. The third-order valence-corrected chi connectivity index (χ3v) is 4.22. The first-order valence-corrected chi connectivity index (χ1v) is 7.25. The highest BCUT2D eigenvalue weighted by Gasteiger charge is 2.29. The number of hydrogen-bond donors (Lipinski definition) is 0. The number of carbonyl (C=O) groups is 1. The highest BCUT2D eigenvalue weighted by molar-refractivity contribution is 5.82. The fourth-order valence-corrected chi connectivity index (χ4v) is 3.00. The summed E-state index contributed by atoms with van der Waals surface area (Å²) >= 11 is 0. The van der Waals surface area contributed by atoms with Crippen LogP contribution in [0.1, 0.15) is 53.9 Å². The van der Waals surface area contributed by atoms with E-state index in [1.165, 1.54) is 43.4 Å². The molecule has 2 fully saturated rings. The van der Waals surface area contributed by atoms with E-state index in [1.54, 1.807) is 7.11 Å². The maximum absolute atomic E-state index is 11.2. The molecule has 0 N–H and O–H groups in total. The molecule has 3 nitrogen and oxygen atoms in total. The van der Waals surface area contributed by atoms with Gasteiger partial charge in [-0.05, 0) is 49.7 Å². The number of benzene rings is 1. The summed E-state index contributed by atoms with van der Waals surface area (Å²) in [5.41, 5.74) is 3.33. The number of anilines is 1. The quantitative estimate of drug-likeness (QED) is 0.776. The van der Waals surface area contributed by atoms with Gasteiger partial charge in [0.15, 0.2) is 6.29 Å². The van der Waals surface area contributed by atoms with Gasteiger partial charge in [-0.1, -0.05) is 0 Å². The number of nitrogens with zero attached hydrogens (tertiary/aromatic N) is 1. The second-order valence-electron chi connectivity index (χ2n) is 5.59. The number of aldehydes is 1. The van der Waals surface area contributed by atoms with Crippen molar-refractivity contribution in [3.63, 3.8) is 0 Å². The van der Waals surface area contributed by atoms with Crippen LogP contribution in [0.2, 0.25) is 0 Å². The molecule has 1 saturated carbocycles. The molecule has 1 aliphatic heterocycles. The van der Waals surface area contributed by atoms with Gasteiger partial charge in [0, 0.05) is 24.8 Å². The summed E-state index contributed by atoms with van der Waals surface area (Å²) in [4.78, 5) is 13.6. The monoisotopic (exact) mass is 259 g/mol. The minimum Gasteiger partial charge on any atom is -0.496 e. The van der Waals surface area contributed by atoms with Crippen molar-refractivity contribution in [3.05, 3.63) is 23.3 Å². The zero-order chi connectivity index (χ0) is 13.2. The topological polar surface area (TPSA) is 29.5 Å². The normalized spacial score (nSPS) is 19.3. The Morgan fingerprint density at radius 1 is 1.21 bits per heavy atom. The Hall–Kier alpha value is -1.51. The van der Waals surface area contributed by atoms with Gasteiger partial charge in [-0.3, -0.25) is 4.79 Å². The third-order valence-electron chi connectivity index (χ3n) is 4.22. The van der Waals surface area contributed by atoms with Crippen molar-refractivity contribution >= 4 is 12.0 Å². The van der Waals surface area contributed by atoms with Crippen molar-refractivity contribution in [2.45, 2.75) is 38.0 Å². The Morgan fingerprint density at radius 3 is 2.53 bits per heavy atom. The van der Waals surface area contributed by atoms with Gasteiger partial charge in [-0.2, -0.15) is 0 Å². The van der Waals surface area contributed by atoms with Gasteiger partial charge < -0.3 is 9.64 Å². The van der Waals surface area contributed by atoms with Crippen LogP contribution in [0.5, 0.6) is 5.75 Å². The van der Waals surface area contributed by atoms with E-state index in [0.29, 0.717) is 17.2 Å².